The van der Waals surface area contributed by atoms with Crippen LogP contribution in [-0.4, -0.2) is 21.5 Å². The molecule has 0 heterocycles. The van der Waals surface area contributed by atoms with Crippen molar-refractivity contribution < 1.29 is 58.7 Å². The Morgan fingerprint density at radius 1 is 0.906 bits per heavy atom. The summed E-state index contributed by atoms with van der Waals surface area (Å²) in [5, 5.41) is 5.44. The predicted molar refractivity (Wildman–Crippen MR) is 123 cm³/mol. The average molecular weight is 564 g/mol. The number of benzene rings is 2. The van der Waals surface area contributed by atoms with E-state index in [2.05, 4.69) is 82.0 Å². The summed E-state index contributed by atoms with van der Waals surface area (Å²) in [6, 6.07) is 13.4. The number of hydrogen-bond donors (Lipinski definition) is 0. The van der Waals surface area contributed by atoms with Crippen LogP contribution in [0.4, 0.5) is 0 Å². The molecular weight excluding hydrogens is 535 g/mol. The van der Waals surface area contributed by atoms with Crippen molar-refractivity contribution >= 4 is 22.7 Å². The molecular formula is C26H29Cl2O2SiZr. The predicted octanol–water partition coefficient (Wildman–Crippen LogP) is -1.27. The van der Waals surface area contributed by atoms with Gasteiger partial charge in [0.05, 0.1) is 0 Å². The second-order valence-electron chi connectivity index (χ2n) is 9.09. The SMILES string of the molecule is CC(C)=c1ccc2c(c1C1=C(OCCO[Si](C)(C)C)C=CC1)[C]([Zr+2])=c1ccccc1=2.[Cl-].[Cl-]. The van der Waals surface area contributed by atoms with Gasteiger partial charge in [0.1, 0.15) is 0 Å². The van der Waals surface area contributed by atoms with Crippen molar-refractivity contribution in [1.29, 1.82) is 0 Å². The first kappa shape index (κ1) is 27.3. The maximum Gasteiger partial charge on any atom is -1.00 e. The molecule has 167 valence electrons. The Kier molecular flexibility index (Phi) is 9.41. The summed E-state index contributed by atoms with van der Waals surface area (Å²) < 4.78 is 13.7. The van der Waals surface area contributed by atoms with Crippen molar-refractivity contribution in [2.45, 2.75) is 39.9 Å². The third-order valence-electron chi connectivity index (χ3n) is 5.55. The zero-order valence-corrected chi connectivity index (χ0v) is 24.3. The summed E-state index contributed by atoms with van der Waals surface area (Å²) in [7, 11) is -1.52. The van der Waals surface area contributed by atoms with Crippen LogP contribution in [0.25, 0.3) is 14.4 Å². The van der Waals surface area contributed by atoms with E-state index in [4.69, 9.17) is 9.16 Å². The van der Waals surface area contributed by atoms with Crippen LogP contribution in [0.1, 0.15) is 31.4 Å². The summed E-state index contributed by atoms with van der Waals surface area (Å²) in [5.74, 6) is 1.00. The number of halogens is 2. The second kappa shape index (κ2) is 11.0. The smallest absolute Gasteiger partial charge is 1.00 e. The molecule has 0 atom stereocenters. The molecule has 6 heteroatoms. The molecule has 2 aliphatic carbocycles. The second-order valence-corrected chi connectivity index (χ2v) is 14.8. The molecule has 0 unspecified atom stereocenters. The molecule has 32 heavy (non-hydrogen) atoms. The Morgan fingerprint density at radius 2 is 1.59 bits per heavy atom. The monoisotopic (exact) mass is 561 g/mol. The molecule has 4 rings (SSSR count). The normalized spacial score (nSPS) is 14.0. The van der Waals surface area contributed by atoms with E-state index in [0.717, 1.165) is 12.2 Å². The molecule has 0 spiro atoms. The van der Waals surface area contributed by atoms with E-state index in [1.54, 1.807) is 0 Å². The van der Waals surface area contributed by atoms with Gasteiger partial charge in [0.15, 0.2) is 0 Å². The van der Waals surface area contributed by atoms with Gasteiger partial charge in [-0.3, -0.25) is 0 Å². The third kappa shape index (κ3) is 5.42. The minimum absolute atomic E-state index is 0. The van der Waals surface area contributed by atoms with Crippen molar-refractivity contribution in [2.75, 3.05) is 13.2 Å². The van der Waals surface area contributed by atoms with Crippen molar-refractivity contribution in [3.63, 3.8) is 0 Å². The molecule has 0 fully saturated rings. The number of allylic oxidation sites excluding steroid dienone is 3. The molecule has 2 nitrogen and oxygen atoms in total. The Morgan fingerprint density at radius 3 is 2.25 bits per heavy atom. The van der Waals surface area contributed by atoms with Gasteiger partial charge in [0.2, 0.25) is 0 Å². The largest absolute Gasteiger partial charge is 1.00 e. The first-order valence-electron chi connectivity index (χ1n) is 10.6. The van der Waals surface area contributed by atoms with E-state index in [9.17, 15) is 0 Å². The molecule has 2 aromatic carbocycles. The van der Waals surface area contributed by atoms with E-state index < -0.39 is 8.32 Å². The molecule has 0 amide bonds. The topological polar surface area (TPSA) is 18.5 Å². The van der Waals surface area contributed by atoms with Crippen LogP contribution in [0.2, 0.25) is 19.6 Å². The Bertz CT molecular complexity index is 1290. The first-order chi connectivity index (χ1) is 14.3. The van der Waals surface area contributed by atoms with Gasteiger partial charge in [-0.05, 0) is 0 Å². The molecule has 0 saturated carbocycles. The van der Waals surface area contributed by atoms with Crippen LogP contribution < -0.4 is 35.3 Å². The standard InChI is InChI=1S/C26H29O2Si.2ClH.Zr/c1-18(2)20-13-14-22-21-10-7-6-9-19(21)17-24(22)26(20)23-11-8-12-25(23)27-15-16-28-29(3,4)5;;;/h6-10,12-14H,11,15-16H2,1-5H3;2*1H;/q;;;+2/p-2. The molecule has 0 aliphatic heterocycles. The number of hydrogen-bond acceptors (Lipinski definition) is 2. The van der Waals surface area contributed by atoms with Crippen molar-refractivity contribution in [3.05, 3.63) is 86.3 Å². The van der Waals surface area contributed by atoms with E-state index in [1.807, 2.05) is 0 Å². The van der Waals surface area contributed by atoms with Crippen molar-refractivity contribution in [2.24, 2.45) is 0 Å². The maximum atomic E-state index is 6.25. The molecule has 0 saturated heterocycles. The van der Waals surface area contributed by atoms with Gasteiger partial charge >= 0.3 is 196 Å². The summed E-state index contributed by atoms with van der Waals surface area (Å²) in [4.78, 5) is 0. The van der Waals surface area contributed by atoms with E-state index in [-0.39, 0.29) is 24.8 Å². The Balaban J connectivity index is 0.00000181. The third-order valence-corrected chi connectivity index (χ3v) is 7.89. The fraction of sp³-hybridized carbons (Fsp3) is 0.308. The van der Waals surface area contributed by atoms with Crippen LogP contribution in [0, 0.1) is 10.4 Å². The zero-order chi connectivity index (χ0) is 21.5. The first-order valence-corrected chi connectivity index (χ1v) is 15.2. The molecule has 0 radical (unpaired) electrons. The molecule has 2 aromatic rings. The van der Waals surface area contributed by atoms with Crippen LogP contribution in [-0.2, 0) is 33.9 Å². The van der Waals surface area contributed by atoms with Gasteiger partial charge in [-0.15, -0.1) is 0 Å². The summed E-state index contributed by atoms with van der Waals surface area (Å²) in [5.41, 5.74) is 5.42. The van der Waals surface area contributed by atoms with Crippen LogP contribution in [0.15, 0.2) is 54.3 Å². The fourth-order valence-corrected chi connectivity index (χ4v) is 6.10. The van der Waals surface area contributed by atoms with Crippen molar-refractivity contribution in [1.82, 2.24) is 0 Å². The summed E-state index contributed by atoms with van der Waals surface area (Å²) in [6.07, 6.45) is 5.28. The minimum atomic E-state index is -1.52. The molecule has 0 N–H and O–H groups in total. The van der Waals surface area contributed by atoms with Crippen molar-refractivity contribution in [3.8, 4) is 0 Å². The fourth-order valence-electron chi connectivity index (χ4n) is 4.23. The van der Waals surface area contributed by atoms with Crippen LogP contribution in [0.5, 0.6) is 0 Å². The molecule has 2 aliphatic rings. The van der Waals surface area contributed by atoms with Crippen LogP contribution >= 0.6 is 0 Å². The quantitative estimate of drug-likeness (QED) is 0.323. The molecule has 0 aromatic heterocycles. The number of ether oxygens (including phenoxy) is 1. The number of fused-ring (bicyclic) bond motifs is 2. The van der Waals surface area contributed by atoms with E-state index in [0.29, 0.717) is 13.2 Å². The van der Waals surface area contributed by atoms with E-state index >= 15 is 0 Å². The minimum Gasteiger partial charge on any atom is -1.00 e. The number of rotatable bonds is 6. The Labute approximate surface area is 219 Å². The zero-order valence-electron chi connectivity index (χ0n) is 19.3. The average Bonchev–Trinajstić information content (AvgIpc) is 3.27. The summed E-state index contributed by atoms with van der Waals surface area (Å²) in [6.45, 7) is 12.3. The van der Waals surface area contributed by atoms with Gasteiger partial charge < -0.3 is 24.8 Å². The van der Waals surface area contributed by atoms with E-state index in [1.165, 1.54) is 71.1 Å². The van der Waals surface area contributed by atoms with Gasteiger partial charge in [-0.25, -0.2) is 0 Å². The maximum absolute atomic E-state index is 6.25. The van der Waals surface area contributed by atoms with Gasteiger partial charge in [0.25, 0.3) is 0 Å². The van der Waals surface area contributed by atoms with Gasteiger partial charge in [0, 0.05) is 0 Å². The summed E-state index contributed by atoms with van der Waals surface area (Å²) >= 11 is 1.46. The molecule has 0 bridgehead atoms. The van der Waals surface area contributed by atoms with Gasteiger partial charge in [-0.2, -0.15) is 0 Å². The van der Waals surface area contributed by atoms with Crippen LogP contribution in [0.3, 0.4) is 0 Å². The van der Waals surface area contributed by atoms with Gasteiger partial charge in [-0.1, -0.05) is 0 Å². The Hall–Kier alpha value is -0.900.